The smallest absolute Gasteiger partial charge is 0.0542 e. The molecule has 2 unspecified atom stereocenters. The SMILES string of the molecule is CCCC(O)CC([CH]CCCO)CC. The van der Waals surface area contributed by atoms with Crippen LogP contribution in [0.25, 0.3) is 0 Å². The highest BCUT2D eigenvalue weighted by molar-refractivity contribution is 4.77. The Bertz CT molecular complexity index is 115. The van der Waals surface area contributed by atoms with Gasteiger partial charge in [-0.05, 0) is 38.0 Å². The molecule has 0 aromatic carbocycles. The van der Waals surface area contributed by atoms with Gasteiger partial charge in [0.05, 0.1) is 6.10 Å². The van der Waals surface area contributed by atoms with Gasteiger partial charge in [0.25, 0.3) is 0 Å². The lowest BCUT2D eigenvalue weighted by atomic mass is 9.92. The third-order valence-corrected chi connectivity index (χ3v) is 2.58. The summed E-state index contributed by atoms with van der Waals surface area (Å²) >= 11 is 0. The zero-order valence-electron chi connectivity index (χ0n) is 9.58. The largest absolute Gasteiger partial charge is 0.396 e. The molecule has 0 aliphatic rings. The van der Waals surface area contributed by atoms with E-state index in [-0.39, 0.29) is 12.7 Å². The molecule has 0 aromatic rings. The van der Waals surface area contributed by atoms with E-state index in [1.165, 1.54) is 0 Å². The molecule has 2 N–H and O–H groups in total. The molecule has 0 fully saturated rings. The monoisotopic (exact) mass is 201 g/mol. The first-order valence-corrected chi connectivity index (χ1v) is 5.86. The highest BCUT2D eigenvalue weighted by Crippen LogP contribution is 2.19. The Morgan fingerprint density at radius 2 is 2.00 bits per heavy atom. The number of aliphatic hydroxyl groups is 2. The molecule has 0 saturated carbocycles. The van der Waals surface area contributed by atoms with Crippen molar-refractivity contribution in [1.29, 1.82) is 0 Å². The lowest BCUT2D eigenvalue weighted by molar-refractivity contribution is 0.135. The second kappa shape index (κ2) is 9.47. The zero-order chi connectivity index (χ0) is 10.8. The number of aliphatic hydroxyl groups excluding tert-OH is 2. The molecule has 0 aromatic heterocycles. The molecule has 0 spiro atoms. The van der Waals surface area contributed by atoms with Gasteiger partial charge in [-0.3, -0.25) is 0 Å². The van der Waals surface area contributed by atoms with E-state index in [9.17, 15) is 5.11 Å². The predicted octanol–water partition coefficient (Wildman–Crippen LogP) is 2.54. The molecule has 0 bridgehead atoms. The molecule has 14 heavy (non-hydrogen) atoms. The van der Waals surface area contributed by atoms with Crippen molar-refractivity contribution in [3.8, 4) is 0 Å². The van der Waals surface area contributed by atoms with Crippen LogP contribution in [-0.4, -0.2) is 22.9 Å². The maximum Gasteiger partial charge on any atom is 0.0542 e. The average molecular weight is 201 g/mol. The van der Waals surface area contributed by atoms with E-state index in [2.05, 4.69) is 20.3 Å². The fraction of sp³-hybridized carbons (Fsp3) is 0.917. The number of unbranched alkanes of at least 4 members (excludes halogenated alkanes) is 1. The Morgan fingerprint density at radius 1 is 1.29 bits per heavy atom. The van der Waals surface area contributed by atoms with Gasteiger partial charge in [0.1, 0.15) is 0 Å². The van der Waals surface area contributed by atoms with Crippen LogP contribution in [0.3, 0.4) is 0 Å². The molecule has 0 aliphatic heterocycles. The summed E-state index contributed by atoms with van der Waals surface area (Å²) in [5.41, 5.74) is 0. The fourth-order valence-corrected chi connectivity index (χ4v) is 1.67. The van der Waals surface area contributed by atoms with E-state index in [0.717, 1.165) is 38.5 Å². The van der Waals surface area contributed by atoms with Gasteiger partial charge in [0.15, 0.2) is 0 Å². The van der Waals surface area contributed by atoms with Crippen LogP contribution in [0.15, 0.2) is 0 Å². The Morgan fingerprint density at radius 3 is 2.50 bits per heavy atom. The van der Waals surface area contributed by atoms with Crippen molar-refractivity contribution < 1.29 is 10.2 Å². The van der Waals surface area contributed by atoms with Gasteiger partial charge in [-0.2, -0.15) is 0 Å². The van der Waals surface area contributed by atoms with Crippen LogP contribution in [0.4, 0.5) is 0 Å². The Labute approximate surface area is 88.3 Å². The third kappa shape index (κ3) is 7.34. The minimum Gasteiger partial charge on any atom is -0.396 e. The Hall–Kier alpha value is -0.0800. The van der Waals surface area contributed by atoms with E-state index < -0.39 is 0 Å². The predicted molar refractivity (Wildman–Crippen MR) is 59.9 cm³/mol. The minimum atomic E-state index is -0.143. The number of hydrogen-bond donors (Lipinski definition) is 2. The third-order valence-electron chi connectivity index (χ3n) is 2.58. The van der Waals surface area contributed by atoms with Crippen LogP contribution in [0.1, 0.15) is 52.4 Å². The van der Waals surface area contributed by atoms with Crippen LogP contribution in [0.2, 0.25) is 0 Å². The maximum absolute atomic E-state index is 9.64. The second-order valence-electron chi connectivity index (χ2n) is 3.95. The van der Waals surface area contributed by atoms with E-state index in [1.807, 2.05) is 0 Å². The number of hydrogen-bond acceptors (Lipinski definition) is 2. The molecule has 2 heteroatoms. The van der Waals surface area contributed by atoms with Gasteiger partial charge in [0.2, 0.25) is 0 Å². The molecule has 0 heterocycles. The highest BCUT2D eigenvalue weighted by Gasteiger charge is 2.11. The highest BCUT2D eigenvalue weighted by atomic mass is 16.3. The van der Waals surface area contributed by atoms with Crippen molar-refractivity contribution in [2.24, 2.45) is 5.92 Å². The first-order chi connectivity index (χ1) is 6.74. The van der Waals surface area contributed by atoms with Gasteiger partial charge >= 0.3 is 0 Å². The van der Waals surface area contributed by atoms with Crippen molar-refractivity contribution in [3.05, 3.63) is 6.42 Å². The quantitative estimate of drug-likeness (QED) is 0.563. The molecule has 85 valence electrons. The molecule has 0 amide bonds. The first kappa shape index (κ1) is 13.9. The average Bonchev–Trinajstić information content (AvgIpc) is 2.17. The maximum atomic E-state index is 9.64. The van der Waals surface area contributed by atoms with Crippen LogP contribution >= 0.6 is 0 Å². The molecule has 1 radical (unpaired) electrons. The molecule has 0 saturated heterocycles. The van der Waals surface area contributed by atoms with E-state index >= 15 is 0 Å². The summed E-state index contributed by atoms with van der Waals surface area (Å²) in [5, 5.41) is 18.3. The Balaban J connectivity index is 3.55. The van der Waals surface area contributed by atoms with Gasteiger partial charge in [0, 0.05) is 6.61 Å². The van der Waals surface area contributed by atoms with Crippen LogP contribution in [-0.2, 0) is 0 Å². The van der Waals surface area contributed by atoms with Crippen molar-refractivity contribution in [2.45, 2.75) is 58.5 Å². The van der Waals surface area contributed by atoms with E-state index in [0.29, 0.717) is 5.92 Å². The summed E-state index contributed by atoms with van der Waals surface area (Å²) in [4.78, 5) is 0. The van der Waals surface area contributed by atoms with Crippen LogP contribution < -0.4 is 0 Å². The first-order valence-electron chi connectivity index (χ1n) is 5.86. The molecule has 2 nitrogen and oxygen atoms in total. The van der Waals surface area contributed by atoms with Crippen molar-refractivity contribution in [2.75, 3.05) is 6.61 Å². The van der Waals surface area contributed by atoms with Crippen molar-refractivity contribution >= 4 is 0 Å². The summed E-state index contributed by atoms with van der Waals surface area (Å²) in [6, 6.07) is 0. The minimum absolute atomic E-state index is 0.143. The van der Waals surface area contributed by atoms with Gasteiger partial charge in [-0.1, -0.05) is 26.7 Å². The van der Waals surface area contributed by atoms with Crippen LogP contribution in [0, 0.1) is 12.3 Å². The summed E-state index contributed by atoms with van der Waals surface area (Å²) < 4.78 is 0. The summed E-state index contributed by atoms with van der Waals surface area (Å²) in [5.74, 6) is 0.517. The molecule has 0 aliphatic carbocycles. The molecular formula is C12H25O2. The topological polar surface area (TPSA) is 40.5 Å². The summed E-state index contributed by atoms with van der Waals surface area (Å²) in [7, 11) is 0. The van der Waals surface area contributed by atoms with Gasteiger partial charge in [-0.15, -0.1) is 0 Å². The molecule has 0 rings (SSSR count). The molecular weight excluding hydrogens is 176 g/mol. The summed E-state index contributed by atoms with van der Waals surface area (Å²) in [6.07, 6.45) is 7.85. The fourth-order valence-electron chi connectivity index (χ4n) is 1.67. The van der Waals surface area contributed by atoms with Crippen molar-refractivity contribution in [3.63, 3.8) is 0 Å². The van der Waals surface area contributed by atoms with Gasteiger partial charge < -0.3 is 10.2 Å². The lowest BCUT2D eigenvalue weighted by Crippen LogP contribution is -2.13. The van der Waals surface area contributed by atoms with Gasteiger partial charge in [-0.25, -0.2) is 0 Å². The van der Waals surface area contributed by atoms with Crippen LogP contribution in [0.5, 0.6) is 0 Å². The van der Waals surface area contributed by atoms with Crippen molar-refractivity contribution in [1.82, 2.24) is 0 Å². The van der Waals surface area contributed by atoms with E-state index in [4.69, 9.17) is 5.11 Å². The number of rotatable bonds is 9. The van der Waals surface area contributed by atoms with E-state index in [1.54, 1.807) is 0 Å². The summed E-state index contributed by atoms with van der Waals surface area (Å²) in [6.45, 7) is 4.52. The molecule has 2 atom stereocenters. The lowest BCUT2D eigenvalue weighted by Gasteiger charge is -2.18. The Kier molecular flexibility index (Phi) is 9.42. The standard InChI is InChI=1S/C12H25O2/c1-3-7-12(14)10-11(4-2)8-5-6-9-13/h8,11-14H,3-7,9-10H2,1-2H3. The normalized spacial score (nSPS) is 15.4. The second-order valence-corrected chi connectivity index (χ2v) is 3.95. The zero-order valence-corrected chi connectivity index (χ0v) is 9.58.